The molecule has 0 aliphatic carbocycles. The number of benzene rings is 2. The molecule has 2 heterocycles. The van der Waals surface area contributed by atoms with Gasteiger partial charge in [0.15, 0.2) is 0 Å². The zero-order valence-corrected chi connectivity index (χ0v) is 17.5. The van der Waals surface area contributed by atoms with Crippen LogP contribution in [-0.4, -0.2) is 62.9 Å². The maximum absolute atomic E-state index is 12.8. The zero-order chi connectivity index (χ0) is 20.1. The van der Waals surface area contributed by atoms with Crippen LogP contribution >= 0.6 is 0 Å². The van der Waals surface area contributed by atoms with Crippen molar-refractivity contribution in [3.63, 3.8) is 0 Å². The van der Waals surface area contributed by atoms with E-state index in [1.54, 1.807) is 10.4 Å². The molecule has 0 N–H and O–H groups in total. The summed E-state index contributed by atoms with van der Waals surface area (Å²) >= 11 is 0. The molecule has 0 radical (unpaired) electrons. The van der Waals surface area contributed by atoms with Crippen LogP contribution in [0.4, 0.5) is 5.69 Å². The van der Waals surface area contributed by atoms with Gasteiger partial charge in [0.25, 0.3) is 0 Å². The fraction of sp³-hybridized carbons (Fsp3) is 0.391. The van der Waals surface area contributed by atoms with Crippen molar-refractivity contribution in [2.45, 2.75) is 18.9 Å². The fourth-order valence-electron chi connectivity index (χ4n) is 4.25. The van der Waals surface area contributed by atoms with E-state index in [0.717, 1.165) is 44.6 Å². The van der Waals surface area contributed by atoms with Crippen molar-refractivity contribution >= 4 is 21.8 Å². The predicted octanol–water partition coefficient (Wildman–Crippen LogP) is 3.27. The SMILES string of the molecule is O=S(=O)(/C=C/c1ccccc1)N1CCC[C@H](N2CCN(c3ccccc3)CC2)C1. The van der Waals surface area contributed by atoms with Crippen molar-refractivity contribution in [1.82, 2.24) is 9.21 Å². The Morgan fingerprint density at radius 2 is 1.48 bits per heavy atom. The van der Waals surface area contributed by atoms with Gasteiger partial charge in [0.1, 0.15) is 0 Å². The molecule has 0 amide bonds. The highest BCUT2D eigenvalue weighted by Crippen LogP contribution is 2.23. The number of hydrogen-bond donors (Lipinski definition) is 0. The Kier molecular flexibility index (Phi) is 6.33. The summed E-state index contributed by atoms with van der Waals surface area (Å²) in [6, 6.07) is 20.4. The molecular formula is C23H29N3O2S. The average Bonchev–Trinajstić information content (AvgIpc) is 2.79. The summed E-state index contributed by atoms with van der Waals surface area (Å²) in [5.41, 5.74) is 2.17. The number of nitrogens with zero attached hydrogens (tertiary/aromatic N) is 3. The van der Waals surface area contributed by atoms with Gasteiger partial charge in [-0.25, -0.2) is 8.42 Å². The normalized spacial score (nSPS) is 22.2. The lowest BCUT2D eigenvalue weighted by Crippen LogP contribution is -2.55. The van der Waals surface area contributed by atoms with E-state index < -0.39 is 10.0 Å². The molecular weight excluding hydrogens is 382 g/mol. The van der Waals surface area contributed by atoms with Gasteiger partial charge < -0.3 is 4.90 Å². The quantitative estimate of drug-likeness (QED) is 0.757. The number of sulfonamides is 1. The van der Waals surface area contributed by atoms with E-state index in [-0.39, 0.29) is 0 Å². The molecule has 4 rings (SSSR count). The molecule has 0 aromatic heterocycles. The van der Waals surface area contributed by atoms with E-state index in [4.69, 9.17) is 0 Å². The van der Waals surface area contributed by atoms with Crippen molar-refractivity contribution < 1.29 is 8.42 Å². The van der Waals surface area contributed by atoms with Gasteiger partial charge in [-0.1, -0.05) is 48.5 Å². The molecule has 29 heavy (non-hydrogen) atoms. The summed E-state index contributed by atoms with van der Waals surface area (Å²) in [5.74, 6) is 0. The highest BCUT2D eigenvalue weighted by Gasteiger charge is 2.32. The van der Waals surface area contributed by atoms with E-state index in [9.17, 15) is 8.42 Å². The van der Waals surface area contributed by atoms with Crippen LogP contribution in [0, 0.1) is 0 Å². The third-order valence-electron chi connectivity index (χ3n) is 5.90. The van der Waals surface area contributed by atoms with Crippen LogP contribution in [0.1, 0.15) is 18.4 Å². The number of para-hydroxylation sites is 1. The van der Waals surface area contributed by atoms with Gasteiger partial charge in [0.05, 0.1) is 0 Å². The molecule has 6 heteroatoms. The van der Waals surface area contributed by atoms with Crippen LogP contribution in [0.3, 0.4) is 0 Å². The summed E-state index contributed by atoms with van der Waals surface area (Å²) in [6.07, 6.45) is 3.68. The Morgan fingerprint density at radius 1 is 0.828 bits per heavy atom. The Balaban J connectivity index is 1.35. The van der Waals surface area contributed by atoms with Gasteiger partial charge in [-0.2, -0.15) is 4.31 Å². The van der Waals surface area contributed by atoms with E-state index in [1.165, 1.54) is 11.1 Å². The molecule has 5 nitrogen and oxygen atoms in total. The van der Waals surface area contributed by atoms with Crippen molar-refractivity contribution in [3.05, 3.63) is 71.6 Å². The maximum Gasteiger partial charge on any atom is 0.236 e. The lowest BCUT2D eigenvalue weighted by atomic mass is 10.0. The van der Waals surface area contributed by atoms with Gasteiger partial charge in [-0.15, -0.1) is 0 Å². The minimum Gasteiger partial charge on any atom is -0.369 e. The third-order valence-corrected chi connectivity index (χ3v) is 7.43. The maximum atomic E-state index is 12.8. The first-order chi connectivity index (χ1) is 14.1. The molecule has 2 aromatic carbocycles. The lowest BCUT2D eigenvalue weighted by molar-refractivity contribution is 0.129. The molecule has 2 aromatic rings. The molecule has 2 aliphatic heterocycles. The van der Waals surface area contributed by atoms with Crippen molar-refractivity contribution in [2.75, 3.05) is 44.2 Å². The summed E-state index contributed by atoms with van der Waals surface area (Å²) < 4.78 is 27.3. The summed E-state index contributed by atoms with van der Waals surface area (Å²) in [4.78, 5) is 4.89. The summed E-state index contributed by atoms with van der Waals surface area (Å²) in [6.45, 7) is 5.14. The molecule has 0 spiro atoms. The lowest BCUT2D eigenvalue weighted by Gasteiger charge is -2.43. The van der Waals surface area contributed by atoms with Gasteiger partial charge >= 0.3 is 0 Å². The third kappa shape index (κ3) is 5.07. The molecule has 0 saturated carbocycles. The fourth-order valence-corrected chi connectivity index (χ4v) is 5.51. The highest BCUT2D eigenvalue weighted by atomic mass is 32.2. The van der Waals surface area contributed by atoms with E-state index in [1.807, 2.05) is 36.4 Å². The molecule has 2 fully saturated rings. The number of anilines is 1. The molecule has 154 valence electrons. The van der Waals surface area contributed by atoms with Gasteiger partial charge in [0.2, 0.25) is 10.0 Å². The topological polar surface area (TPSA) is 43.9 Å². The van der Waals surface area contributed by atoms with Crippen molar-refractivity contribution in [1.29, 1.82) is 0 Å². The molecule has 0 unspecified atom stereocenters. The van der Waals surface area contributed by atoms with E-state index in [2.05, 4.69) is 34.1 Å². The number of piperazine rings is 1. The first-order valence-corrected chi connectivity index (χ1v) is 11.9. The highest BCUT2D eigenvalue weighted by molar-refractivity contribution is 7.92. The Hall–Kier alpha value is -2.15. The predicted molar refractivity (Wildman–Crippen MR) is 119 cm³/mol. The Morgan fingerprint density at radius 3 is 2.17 bits per heavy atom. The minimum absolute atomic E-state index is 0.307. The van der Waals surface area contributed by atoms with Gasteiger partial charge in [0, 0.05) is 56.4 Å². The Bertz CT molecular complexity index is 908. The van der Waals surface area contributed by atoms with Crippen LogP contribution in [0.5, 0.6) is 0 Å². The first kappa shape index (κ1) is 20.1. The van der Waals surface area contributed by atoms with Crippen molar-refractivity contribution in [3.8, 4) is 0 Å². The largest absolute Gasteiger partial charge is 0.369 e. The zero-order valence-electron chi connectivity index (χ0n) is 16.7. The second-order valence-electron chi connectivity index (χ2n) is 7.77. The number of hydrogen-bond acceptors (Lipinski definition) is 4. The van der Waals surface area contributed by atoms with Crippen LogP contribution in [0.15, 0.2) is 66.1 Å². The van der Waals surface area contributed by atoms with Crippen LogP contribution in [-0.2, 0) is 10.0 Å². The van der Waals surface area contributed by atoms with Crippen LogP contribution in [0.2, 0.25) is 0 Å². The van der Waals surface area contributed by atoms with Crippen LogP contribution in [0.25, 0.3) is 6.08 Å². The van der Waals surface area contributed by atoms with Gasteiger partial charge in [-0.05, 0) is 36.6 Å². The van der Waals surface area contributed by atoms with Crippen LogP contribution < -0.4 is 4.90 Å². The van der Waals surface area contributed by atoms with Crippen molar-refractivity contribution in [2.24, 2.45) is 0 Å². The molecule has 2 aliphatic rings. The molecule has 2 saturated heterocycles. The minimum atomic E-state index is -3.39. The first-order valence-electron chi connectivity index (χ1n) is 10.4. The average molecular weight is 412 g/mol. The van der Waals surface area contributed by atoms with E-state index >= 15 is 0 Å². The number of piperidine rings is 1. The molecule has 0 bridgehead atoms. The summed E-state index contributed by atoms with van der Waals surface area (Å²) in [7, 11) is -3.39. The Labute approximate surface area is 174 Å². The second kappa shape index (κ2) is 9.11. The second-order valence-corrected chi connectivity index (χ2v) is 9.59. The smallest absolute Gasteiger partial charge is 0.236 e. The van der Waals surface area contributed by atoms with E-state index in [0.29, 0.717) is 19.1 Å². The standard InChI is InChI=1S/C23H29N3O2S/c27-29(28,19-13-21-8-3-1-4-9-21)26-14-7-12-23(20-26)25-17-15-24(16-18-25)22-10-5-2-6-11-22/h1-6,8-11,13,19,23H,7,12,14-18,20H2/b19-13+/t23-/m0/s1. The van der Waals surface area contributed by atoms with Gasteiger partial charge in [-0.3, -0.25) is 4.90 Å². The monoisotopic (exact) mass is 411 g/mol. The summed E-state index contributed by atoms with van der Waals surface area (Å²) in [5, 5.41) is 1.36. The number of rotatable bonds is 5. The molecule has 1 atom stereocenters.